The van der Waals surface area contributed by atoms with E-state index in [-0.39, 0.29) is 25.4 Å². The monoisotopic (exact) mass is 564 g/mol. The molecule has 0 amide bonds. The second-order valence-corrected chi connectivity index (χ2v) is 11.6. The molecule has 0 atom stereocenters. The van der Waals surface area contributed by atoms with Crippen molar-refractivity contribution < 1.29 is 28.5 Å². The van der Waals surface area contributed by atoms with Crippen LogP contribution in [-0.2, 0) is 19.1 Å². The van der Waals surface area contributed by atoms with Crippen LogP contribution in [0.1, 0.15) is 40.5 Å². The largest absolute Gasteiger partial charge is 0.491 e. The molecule has 1 aromatic carbocycles. The summed E-state index contributed by atoms with van der Waals surface area (Å²) < 4.78 is 23.6. The molecular formula is C24H24N2O6S4. The quantitative estimate of drug-likeness (QED) is 0.133. The zero-order valence-electron chi connectivity index (χ0n) is 20.2. The Balaban J connectivity index is 2.19. The molecule has 0 N–H and O–H groups in total. The Morgan fingerprint density at radius 3 is 1.92 bits per heavy atom. The molecule has 0 spiro atoms. The minimum Gasteiger partial charge on any atom is -0.491 e. The zero-order valence-corrected chi connectivity index (χ0v) is 23.5. The Hall–Kier alpha value is -2.38. The standard InChI is InChI=1S/C24H24N2O6S4/c1-6-10-31-16-18-20(34-23(33-18)13(11-25)22(28)30-9-4)17(32-12-15(27)29-8-3)21-19(16)35-24(36-21)14(7-2)26-5/h6-10,12H2,1-4H3/b23-13+,24-14+. The van der Waals surface area contributed by atoms with Crippen LogP contribution in [0.4, 0.5) is 0 Å². The summed E-state index contributed by atoms with van der Waals surface area (Å²) in [5.74, 6) is -0.145. The first kappa shape index (κ1) is 28.2. The van der Waals surface area contributed by atoms with Crippen LogP contribution in [-0.4, -0.2) is 38.4 Å². The van der Waals surface area contributed by atoms with Gasteiger partial charge in [-0.3, -0.25) is 0 Å². The van der Waals surface area contributed by atoms with E-state index in [1.54, 1.807) is 13.8 Å². The highest BCUT2D eigenvalue weighted by Crippen LogP contribution is 2.68. The lowest BCUT2D eigenvalue weighted by molar-refractivity contribution is -0.145. The van der Waals surface area contributed by atoms with Crippen molar-refractivity contribution in [3.05, 3.63) is 31.2 Å². The van der Waals surface area contributed by atoms with Gasteiger partial charge in [0.15, 0.2) is 23.6 Å². The van der Waals surface area contributed by atoms with Gasteiger partial charge in [-0.05, 0) is 26.7 Å². The summed E-state index contributed by atoms with van der Waals surface area (Å²) in [6.07, 6.45) is 1.36. The molecule has 0 radical (unpaired) electrons. The van der Waals surface area contributed by atoms with E-state index in [2.05, 4.69) is 4.85 Å². The van der Waals surface area contributed by atoms with Crippen LogP contribution in [0.15, 0.2) is 39.3 Å². The predicted octanol–water partition coefficient (Wildman–Crippen LogP) is 6.61. The second-order valence-electron chi connectivity index (χ2n) is 7.02. The summed E-state index contributed by atoms with van der Waals surface area (Å²) in [5.41, 5.74) is 0.539. The predicted molar refractivity (Wildman–Crippen MR) is 141 cm³/mol. The summed E-state index contributed by atoms with van der Waals surface area (Å²) >= 11 is 5.30. The van der Waals surface area contributed by atoms with Crippen LogP contribution in [0.2, 0.25) is 0 Å². The van der Waals surface area contributed by atoms with E-state index in [0.717, 1.165) is 20.4 Å². The molecule has 0 saturated carbocycles. The molecule has 2 heterocycles. The Kier molecular flexibility index (Phi) is 10.4. The lowest BCUT2D eigenvalue weighted by Gasteiger charge is -2.17. The molecule has 3 rings (SSSR count). The zero-order chi connectivity index (χ0) is 26.2. The maximum Gasteiger partial charge on any atom is 0.350 e. The van der Waals surface area contributed by atoms with Crippen molar-refractivity contribution in [1.82, 2.24) is 0 Å². The second kappa shape index (κ2) is 13.2. The molecule has 2 aliphatic heterocycles. The average molecular weight is 565 g/mol. The van der Waals surface area contributed by atoms with Gasteiger partial charge in [0.1, 0.15) is 11.8 Å². The molecule has 0 aromatic heterocycles. The summed E-state index contributed by atoms with van der Waals surface area (Å²) in [6.45, 7) is 15.4. The average Bonchev–Trinajstić information content (AvgIpc) is 3.48. The number of nitriles is 1. The van der Waals surface area contributed by atoms with Gasteiger partial charge in [0.2, 0.25) is 0 Å². The summed E-state index contributed by atoms with van der Waals surface area (Å²) in [5, 5.41) is 9.69. The number of benzene rings is 1. The number of hydrogen-bond acceptors (Lipinski definition) is 11. The van der Waals surface area contributed by atoms with Gasteiger partial charge in [-0.2, -0.15) is 5.26 Å². The van der Waals surface area contributed by atoms with Gasteiger partial charge < -0.3 is 18.9 Å². The molecule has 1 aromatic rings. The number of rotatable bonds is 10. The number of nitrogens with zero attached hydrogens (tertiary/aromatic N) is 2. The van der Waals surface area contributed by atoms with Crippen molar-refractivity contribution in [1.29, 1.82) is 5.26 Å². The molecule has 0 aliphatic carbocycles. The van der Waals surface area contributed by atoms with Crippen LogP contribution in [0, 0.1) is 17.9 Å². The fourth-order valence-electron chi connectivity index (χ4n) is 3.07. The first-order valence-electron chi connectivity index (χ1n) is 11.2. The Morgan fingerprint density at radius 1 is 0.889 bits per heavy atom. The van der Waals surface area contributed by atoms with Crippen molar-refractivity contribution in [2.45, 2.75) is 60.1 Å². The Labute approximate surface area is 227 Å². The minimum atomic E-state index is -0.695. The molecule has 0 unspecified atom stereocenters. The highest BCUT2D eigenvalue weighted by molar-refractivity contribution is 8.26. The smallest absolute Gasteiger partial charge is 0.350 e. The number of esters is 2. The van der Waals surface area contributed by atoms with E-state index in [9.17, 15) is 14.9 Å². The molecule has 12 heteroatoms. The number of ether oxygens (including phenoxy) is 4. The van der Waals surface area contributed by atoms with Gasteiger partial charge in [0.05, 0.1) is 54.4 Å². The molecule has 8 nitrogen and oxygen atoms in total. The normalized spacial score (nSPS) is 16.3. The van der Waals surface area contributed by atoms with E-state index in [1.807, 2.05) is 19.9 Å². The lowest BCUT2D eigenvalue weighted by Crippen LogP contribution is -2.15. The number of fused-ring (bicyclic) bond motifs is 2. The first-order valence-corrected chi connectivity index (χ1v) is 14.5. The molecule has 190 valence electrons. The third kappa shape index (κ3) is 5.94. The van der Waals surface area contributed by atoms with E-state index in [4.69, 9.17) is 25.5 Å². The number of hydrogen-bond donors (Lipinski definition) is 0. The maximum absolute atomic E-state index is 12.4. The van der Waals surface area contributed by atoms with Crippen LogP contribution in [0.3, 0.4) is 0 Å². The molecule has 0 bridgehead atoms. The number of thioether (sulfide) groups is 4. The molecule has 0 saturated heterocycles. The van der Waals surface area contributed by atoms with E-state index in [0.29, 0.717) is 44.3 Å². The van der Waals surface area contributed by atoms with Gasteiger partial charge in [-0.1, -0.05) is 60.9 Å². The summed E-state index contributed by atoms with van der Waals surface area (Å²) in [4.78, 5) is 31.1. The lowest BCUT2D eigenvalue weighted by atomic mass is 10.3. The van der Waals surface area contributed by atoms with Crippen molar-refractivity contribution in [3.8, 4) is 17.6 Å². The van der Waals surface area contributed by atoms with Crippen molar-refractivity contribution in [2.75, 3.05) is 26.4 Å². The Morgan fingerprint density at radius 2 is 1.44 bits per heavy atom. The number of allylic oxidation sites excluding steroid dienone is 1. The maximum atomic E-state index is 12.4. The summed E-state index contributed by atoms with van der Waals surface area (Å²) in [6, 6.07) is 1.96. The molecule has 0 fully saturated rings. The van der Waals surface area contributed by atoms with Gasteiger partial charge >= 0.3 is 11.9 Å². The fraction of sp³-hybridized carbons (Fsp3) is 0.417. The van der Waals surface area contributed by atoms with Crippen LogP contribution >= 0.6 is 47.0 Å². The van der Waals surface area contributed by atoms with Gasteiger partial charge in [-0.15, -0.1) is 0 Å². The first-order chi connectivity index (χ1) is 17.4. The third-order valence-electron chi connectivity index (χ3n) is 4.61. The molecule has 2 aliphatic rings. The van der Waals surface area contributed by atoms with Crippen molar-refractivity contribution >= 4 is 59.0 Å². The SMILES string of the molecule is [C-]#[N+]/C(CC)=C1\Sc2c(OCCC)c3c(c(OCC(=O)OCC)c2S1)S/C(=C(\C#N)C(=O)OCC)S3. The number of carbonyl (C=O) groups excluding carboxylic acids is 2. The van der Waals surface area contributed by atoms with E-state index < -0.39 is 11.9 Å². The third-order valence-corrected chi connectivity index (χ3v) is 9.86. The van der Waals surface area contributed by atoms with Crippen molar-refractivity contribution in [2.24, 2.45) is 0 Å². The van der Waals surface area contributed by atoms with Crippen molar-refractivity contribution in [3.63, 3.8) is 0 Å². The van der Waals surface area contributed by atoms with Crippen LogP contribution < -0.4 is 9.47 Å². The van der Waals surface area contributed by atoms with Crippen LogP contribution in [0.25, 0.3) is 4.85 Å². The Bertz CT molecular complexity index is 1210. The van der Waals surface area contributed by atoms with Gasteiger partial charge in [-0.25, -0.2) is 14.4 Å². The highest BCUT2D eigenvalue weighted by Gasteiger charge is 2.39. The molecule has 36 heavy (non-hydrogen) atoms. The molecular weight excluding hydrogens is 541 g/mol. The van der Waals surface area contributed by atoms with Crippen LogP contribution in [0.5, 0.6) is 11.5 Å². The topological polar surface area (TPSA) is 99.2 Å². The number of carbonyl (C=O) groups is 2. The summed E-state index contributed by atoms with van der Waals surface area (Å²) in [7, 11) is 0. The highest BCUT2D eigenvalue weighted by atomic mass is 32.2. The van der Waals surface area contributed by atoms with E-state index in [1.165, 1.54) is 47.0 Å². The van der Waals surface area contributed by atoms with E-state index >= 15 is 0 Å². The van der Waals surface area contributed by atoms with Gasteiger partial charge in [0.25, 0.3) is 0 Å². The van der Waals surface area contributed by atoms with Gasteiger partial charge in [0, 0.05) is 0 Å². The fourth-order valence-corrected chi connectivity index (χ4v) is 8.61. The minimum absolute atomic E-state index is 0.0943.